The summed E-state index contributed by atoms with van der Waals surface area (Å²) in [7, 11) is -10.9. The molecule has 0 heterocycles. The smallest absolute Gasteiger partial charge is 0.748 e. The third kappa shape index (κ3) is 9.24. The molecular formula is C7H17LiO6S2Si. The maximum Gasteiger partial charge on any atom is 1.00 e. The van der Waals surface area contributed by atoms with E-state index in [0.29, 0.717) is 0 Å². The van der Waals surface area contributed by atoms with Gasteiger partial charge in [-0.05, 0) is 18.6 Å². The molecule has 0 aliphatic rings. The third-order valence-corrected chi connectivity index (χ3v) is 9.50. The zero-order valence-corrected chi connectivity index (χ0v) is 13.4. The van der Waals surface area contributed by atoms with Gasteiger partial charge in [-0.1, -0.05) is 13.8 Å². The first kappa shape index (κ1) is 20.0. The summed E-state index contributed by atoms with van der Waals surface area (Å²) >= 11 is 0. The fraction of sp³-hybridized carbons (Fsp3) is 1.00. The second kappa shape index (κ2) is 6.70. The van der Waals surface area contributed by atoms with Crippen LogP contribution in [0.5, 0.6) is 0 Å². The summed E-state index contributed by atoms with van der Waals surface area (Å²) in [5.74, 6) is -1.72. The molecule has 0 saturated heterocycles. The normalized spacial score (nSPS) is 13.5. The minimum Gasteiger partial charge on any atom is -0.748 e. The third-order valence-electron chi connectivity index (χ3n) is 2.32. The Balaban J connectivity index is 0. The molecule has 0 amide bonds. The summed E-state index contributed by atoms with van der Waals surface area (Å²) in [6.07, 6.45) is 0. The maximum atomic E-state index is 11.4. The Morgan fingerprint density at radius 1 is 1.12 bits per heavy atom. The van der Waals surface area contributed by atoms with E-state index in [1.54, 1.807) is 13.1 Å². The molecule has 0 spiro atoms. The van der Waals surface area contributed by atoms with Crippen molar-refractivity contribution in [1.29, 1.82) is 0 Å². The predicted molar refractivity (Wildman–Crippen MR) is 62.0 cm³/mol. The molecule has 0 aromatic carbocycles. The molecule has 0 N–H and O–H groups in total. The van der Waals surface area contributed by atoms with Gasteiger partial charge in [0.05, 0.1) is 21.6 Å². The van der Waals surface area contributed by atoms with Gasteiger partial charge < -0.3 is 8.42 Å². The average Bonchev–Trinajstić information content (AvgIpc) is 1.97. The van der Waals surface area contributed by atoms with Gasteiger partial charge in [0.2, 0.25) is 8.32 Å². The predicted octanol–water partition coefficient (Wildman–Crippen LogP) is -2.50. The van der Waals surface area contributed by atoms with Crippen LogP contribution in [0.1, 0.15) is 13.8 Å². The van der Waals surface area contributed by atoms with Crippen molar-refractivity contribution in [1.82, 2.24) is 0 Å². The Kier molecular flexibility index (Phi) is 7.87. The first-order valence-corrected chi connectivity index (χ1v) is 10.9. The van der Waals surface area contributed by atoms with E-state index in [1.807, 2.05) is 13.8 Å². The fourth-order valence-electron chi connectivity index (χ4n) is 0.669. The molecule has 0 aliphatic heterocycles. The molecule has 0 aromatic rings. The van der Waals surface area contributed by atoms with Gasteiger partial charge in [0.1, 0.15) is 0 Å². The molecule has 0 saturated carbocycles. The SMILES string of the molecule is CC(C)[Si](C)(C)OS(=O)(=O)CCS(=O)(=O)[O-].[Li+]. The average molecular weight is 296 g/mol. The van der Waals surface area contributed by atoms with Gasteiger partial charge >= 0.3 is 18.9 Å². The summed E-state index contributed by atoms with van der Waals surface area (Å²) in [5, 5.41) is 0. The molecule has 0 fully saturated rings. The Morgan fingerprint density at radius 3 is 1.82 bits per heavy atom. The summed E-state index contributed by atoms with van der Waals surface area (Å²) < 4.78 is 58.7. The Bertz CT molecular complexity index is 427. The van der Waals surface area contributed by atoms with Crippen molar-refractivity contribution in [3.05, 3.63) is 0 Å². The molecule has 0 aliphatic carbocycles. The molecule has 0 aromatic heterocycles. The summed E-state index contributed by atoms with van der Waals surface area (Å²) in [6.45, 7) is 7.12. The van der Waals surface area contributed by atoms with Crippen molar-refractivity contribution in [2.75, 3.05) is 11.5 Å². The van der Waals surface area contributed by atoms with Gasteiger partial charge in [-0.3, -0.25) is 0 Å². The molecule has 0 bridgehead atoms. The van der Waals surface area contributed by atoms with Crippen LogP contribution in [0.4, 0.5) is 0 Å². The van der Waals surface area contributed by atoms with E-state index in [1.165, 1.54) is 0 Å². The summed E-state index contributed by atoms with van der Waals surface area (Å²) in [5.41, 5.74) is 0.0751. The molecule has 0 radical (unpaired) electrons. The van der Waals surface area contributed by atoms with Crippen molar-refractivity contribution in [3.8, 4) is 0 Å². The fourth-order valence-corrected chi connectivity index (χ4v) is 6.02. The van der Waals surface area contributed by atoms with Crippen molar-refractivity contribution in [2.24, 2.45) is 0 Å². The van der Waals surface area contributed by atoms with Crippen LogP contribution in [0.3, 0.4) is 0 Å². The first-order chi connectivity index (χ1) is 6.86. The van der Waals surface area contributed by atoms with Crippen LogP contribution >= 0.6 is 0 Å². The van der Waals surface area contributed by atoms with Crippen LogP contribution < -0.4 is 18.9 Å². The molecule has 0 atom stereocenters. The van der Waals surface area contributed by atoms with Gasteiger partial charge in [-0.15, -0.1) is 0 Å². The second-order valence-corrected chi connectivity index (χ2v) is 12.4. The van der Waals surface area contributed by atoms with Crippen molar-refractivity contribution >= 4 is 28.6 Å². The minimum absolute atomic E-state index is 0. The van der Waals surface area contributed by atoms with E-state index < -0.39 is 40.1 Å². The van der Waals surface area contributed by atoms with Gasteiger partial charge in [0.15, 0.2) is 0 Å². The van der Waals surface area contributed by atoms with Gasteiger partial charge in [0.25, 0.3) is 10.1 Å². The number of rotatable bonds is 6. The van der Waals surface area contributed by atoms with Crippen LogP contribution in [-0.2, 0) is 24.1 Å². The molecule has 98 valence electrons. The molecule has 0 rings (SSSR count). The zero-order chi connectivity index (χ0) is 13.2. The van der Waals surface area contributed by atoms with Crippen LogP contribution in [0.15, 0.2) is 0 Å². The molecular weight excluding hydrogens is 279 g/mol. The topological polar surface area (TPSA) is 101 Å². The molecule has 10 heteroatoms. The Hall–Kier alpha value is 0.634. The quantitative estimate of drug-likeness (QED) is 0.397. The Labute approximate surface area is 116 Å². The summed E-state index contributed by atoms with van der Waals surface area (Å²) in [4.78, 5) is 0. The molecule has 6 nitrogen and oxygen atoms in total. The van der Waals surface area contributed by atoms with Gasteiger partial charge in [0, 0.05) is 0 Å². The standard InChI is InChI=1S/C7H18O6S2Si.Li/c1-7(2)16(3,4)13-15(11,12)6-5-14(8,9)10;/h7H,5-6H2,1-4H3,(H,8,9,10);/q;+1/p-1. The number of hydrogen-bond donors (Lipinski definition) is 0. The largest absolute Gasteiger partial charge is 1.00 e. The molecule has 17 heavy (non-hydrogen) atoms. The van der Waals surface area contributed by atoms with Crippen LogP contribution in [0.2, 0.25) is 18.6 Å². The molecule has 0 unspecified atom stereocenters. The van der Waals surface area contributed by atoms with Crippen molar-refractivity contribution in [3.63, 3.8) is 0 Å². The minimum atomic E-state index is -4.53. The van der Waals surface area contributed by atoms with E-state index >= 15 is 0 Å². The summed E-state index contributed by atoms with van der Waals surface area (Å²) in [6, 6.07) is 0. The maximum absolute atomic E-state index is 11.4. The van der Waals surface area contributed by atoms with E-state index in [-0.39, 0.29) is 24.4 Å². The zero-order valence-electron chi connectivity index (χ0n) is 10.8. The first-order valence-electron chi connectivity index (χ1n) is 4.72. The van der Waals surface area contributed by atoms with Crippen molar-refractivity contribution in [2.45, 2.75) is 32.5 Å². The van der Waals surface area contributed by atoms with E-state index in [2.05, 4.69) is 0 Å². The van der Waals surface area contributed by atoms with Gasteiger partial charge in [-0.25, -0.2) is 16.8 Å². The second-order valence-electron chi connectivity index (χ2n) is 4.37. The monoisotopic (exact) mass is 296 g/mol. The van der Waals surface area contributed by atoms with Gasteiger partial charge in [-0.2, -0.15) is 0 Å². The van der Waals surface area contributed by atoms with E-state index in [4.69, 9.17) is 3.87 Å². The number of hydrogen-bond acceptors (Lipinski definition) is 6. The van der Waals surface area contributed by atoms with Crippen molar-refractivity contribution < 1.29 is 44.1 Å². The van der Waals surface area contributed by atoms with Crippen LogP contribution in [0, 0.1) is 0 Å². The van der Waals surface area contributed by atoms with E-state index in [0.717, 1.165) is 0 Å². The Morgan fingerprint density at radius 2 is 1.53 bits per heavy atom. The van der Waals surface area contributed by atoms with E-state index in [9.17, 15) is 21.4 Å². The van der Waals surface area contributed by atoms with Crippen LogP contribution in [-0.4, -0.2) is 41.2 Å². The van der Waals surface area contributed by atoms with Crippen LogP contribution in [0.25, 0.3) is 0 Å².